The molecule has 0 spiro atoms. The van der Waals surface area contributed by atoms with Gasteiger partial charge in [0.1, 0.15) is 30.7 Å². The van der Waals surface area contributed by atoms with E-state index in [0.717, 1.165) is 0 Å². The van der Waals surface area contributed by atoms with Crippen molar-refractivity contribution < 1.29 is 34.4 Å². The zero-order valence-electron chi connectivity index (χ0n) is 16.4. The molecule has 0 aliphatic heterocycles. The van der Waals surface area contributed by atoms with Gasteiger partial charge in [-0.2, -0.15) is 0 Å². The average molecular weight is 422 g/mol. The number of hydrogen-bond acceptors (Lipinski definition) is 7. The number of rotatable bonds is 8. The van der Waals surface area contributed by atoms with E-state index in [0.29, 0.717) is 5.56 Å². The molecule has 11 heteroatoms. The van der Waals surface area contributed by atoms with Crippen LogP contribution in [0.1, 0.15) is 35.7 Å². The van der Waals surface area contributed by atoms with Gasteiger partial charge in [0.15, 0.2) is 0 Å². The molecule has 0 aromatic heterocycles. The molecule has 5 atom stereocenters. The Kier molecular flexibility index (Phi) is 7.86. The summed E-state index contributed by atoms with van der Waals surface area (Å²) in [7, 11) is 0. The van der Waals surface area contributed by atoms with Crippen molar-refractivity contribution in [1.82, 2.24) is 10.6 Å². The predicted octanol–water partition coefficient (Wildman–Crippen LogP) is -1.44. The highest BCUT2D eigenvalue weighted by Gasteiger charge is 2.39. The van der Waals surface area contributed by atoms with Crippen molar-refractivity contribution >= 4 is 23.6 Å². The standard InChI is InChI=1S/C19H26N4O7/c1-9(22-19(29)11-4-2-10(3-5-11)17(20)21)18(28)23-12-6-7-13(16(27)15(12)26)30-8-14(24)25/h2-5,9,12-13,15-16,26-27H,6-8H2,1H3,(H3,20,21)(H,22,29)(H,23,28)(H,24,25)/t9-,12?,13?,15?,16?/m0/s1. The quantitative estimate of drug-likeness (QED) is 0.195. The number of amidine groups is 1. The number of aliphatic hydroxyl groups excluding tert-OH is 2. The van der Waals surface area contributed by atoms with Gasteiger partial charge in [-0.1, -0.05) is 12.1 Å². The third-order valence-corrected chi connectivity index (χ3v) is 4.85. The highest BCUT2D eigenvalue weighted by atomic mass is 16.5. The molecule has 1 aromatic carbocycles. The first-order valence-corrected chi connectivity index (χ1v) is 9.35. The van der Waals surface area contributed by atoms with Gasteiger partial charge < -0.3 is 36.4 Å². The minimum Gasteiger partial charge on any atom is -0.480 e. The number of nitrogen functional groups attached to an aromatic ring is 1. The minimum absolute atomic E-state index is 0.126. The van der Waals surface area contributed by atoms with Gasteiger partial charge in [-0.25, -0.2) is 4.79 Å². The Hall–Kier alpha value is -3.02. The maximum Gasteiger partial charge on any atom is 0.329 e. The fourth-order valence-corrected chi connectivity index (χ4v) is 3.12. The molecule has 2 amide bonds. The van der Waals surface area contributed by atoms with E-state index in [2.05, 4.69) is 10.6 Å². The van der Waals surface area contributed by atoms with E-state index >= 15 is 0 Å². The largest absolute Gasteiger partial charge is 0.480 e. The molecule has 0 radical (unpaired) electrons. The van der Waals surface area contributed by atoms with E-state index in [1.165, 1.54) is 31.2 Å². The number of carboxylic acid groups (broad SMARTS) is 1. The molecule has 1 fully saturated rings. The lowest BCUT2D eigenvalue weighted by Crippen LogP contribution is -2.59. The zero-order valence-corrected chi connectivity index (χ0v) is 16.4. The maximum atomic E-state index is 12.4. The van der Waals surface area contributed by atoms with Crippen LogP contribution in [-0.2, 0) is 14.3 Å². The van der Waals surface area contributed by atoms with E-state index in [1.807, 2.05) is 0 Å². The number of carbonyl (C=O) groups excluding carboxylic acids is 2. The Morgan fingerprint density at radius 1 is 1.17 bits per heavy atom. The molecule has 0 saturated heterocycles. The molecule has 164 valence electrons. The number of aliphatic hydroxyl groups is 2. The Bertz CT molecular complexity index is 799. The van der Waals surface area contributed by atoms with E-state index in [9.17, 15) is 24.6 Å². The van der Waals surface area contributed by atoms with Crippen molar-refractivity contribution in [3.8, 4) is 0 Å². The summed E-state index contributed by atoms with van der Waals surface area (Å²) in [6.07, 6.45) is -3.03. The van der Waals surface area contributed by atoms with Crippen LogP contribution in [0.25, 0.3) is 0 Å². The number of aliphatic carboxylic acids is 1. The molecule has 1 saturated carbocycles. The zero-order chi connectivity index (χ0) is 22.4. The number of carbonyl (C=O) groups is 3. The van der Waals surface area contributed by atoms with Crippen LogP contribution < -0.4 is 16.4 Å². The van der Waals surface area contributed by atoms with Crippen LogP contribution in [0.15, 0.2) is 24.3 Å². The summed E-state index contributed by atoms with van der Waals surface area (Å²) in [6.45, 7) is 0.878. The lowest BCUT2D eigenvalue weighted by Gasteiger charge is -2.37. The van der Waals surface area contributed by atoms with Crippen LogP contribution >= 0.6 is 0 Å². The first kappa shape index (κ1) is 23.3. The van der Waals surface area contributed by atoms with Crippen molar-refractivity contribution in [2.45, 2.75) is 50.2 Å². The van der Waals surface area contributed by atoms with Crippen molar-refractivity contribution in [3.05, 3.63) is 35.4 Å². The predicted molar refractivity (Wildman–Crippen MR) is 105 cm³/mol. The van der Waals surface area contributed by atoms with Crippen molar-refractivity contribution in [3.63, 3.8) is 0 Å². The summed E-state index contributed by atoms with van der Waals surface area (Å²) in [6, 6.07) is 4.31. The number of nitrogens with one attached hydrogen (secondary N) is 3. The van der Waals surface area contributed by atoms with E-state index in [1.54, 1.807) is 0 Å². The van der Waals surface area contributed by atoms with Gasteiger partial charge in [-0.05, 0) is 31.9 Å². The second-order valence-electron chi connectivity index (χ2n) is 7.10. The molecule has 11 nitrogen and oxygen atoms in total. The Morgan fingerprint density at radius 3 is 2.33 bits per heavy atom. The first-order chi connectivity index (χ1) is 14.1. The molecule has 30 heavy (non-hydrogen) atoms. The van der Waals surface area contributed by atoms with Gasteiger partial charge >= 0.3 is 5.97 Å². The number of ether oxygens (including phenoxy) is 1. The summed E-state index contributed by atoms with van der Waals surface area (Å²) in [4.78, 5) is 35.3. The highest BCUT2D eigenvalue weighted by Crippen LogP contribution is 2.22. The Balaban J connectivity index is 1.88. The van der Waals surface area contributed by atoms with Gasteiger partial charge in [0.2, 0.25) is 5.91 Å². The average Bonchev–Trinajstić information content (AvgIpc) is 2.70. The number of benzene rings is 1. The number of carboxylic acids is 1. The minimum atomic E-state index is -1.35. The maximum absolute atomic E-state index is 12.4. The first-order valence-electron chi connectivity index (χ1n) is 9.35. The number of amides is 2. The molecule has 1 aliphatic carbocycles. The summed E-state index contributed by atoms with van der Waals surface area (Å²) < 4.78 is 5.05. The van der Waals surface area contributed by atoms with Crippen molar-refractivity contribution in [1.29, 1.82) is 5.41 Å². The van der Waals surface area contributed by atoms with Gasteiger partial charge in [0.25, 0.3) is 5.91 Å². The molecular weight excluding hydrogens is 396 g/mol. The monoisotopic (exact) mass is 422 g/mol. The fourth-order valence-electron chi connectivity index (χ4n) is 3.12. The normalized spacial score (nSPS) is 24.5. The van der Waals surface area contributed by atoms with Crippen LogP contribution in [0.3, 0.4) is 0 Å². The van der Waals surface area contributed by atoms with Gasteiger partial charge in [0.05, 0.1) is 12.1 Å². The van der Waals surface area contributed by atoms with Gasteiger partial charge in [-0.15, -0.1) is 0 Å². The highest BCUT2D eigenvalue weighted by molar-refractivity contribution is 5.99. The lowest BCUT2D eigenvalue weighted by molar-refractivity contribution is -0.156. The van der Waals surface area contributed by atoms with Crippen molar-refractivity contribution in [2.75, 3.05) is 6.61 Å². The summed E-state index contributed by atoms with van der Waals surface area (Å²) >= 11 is 0. The third-order valence-electron chi connectivity index (χ3n) is 4.85. The van der Waals surface area contributed by atoms with Gasteiger partial charge in [-0.3, -0.25) is 15.0 Å². The number of hydrogen-bond donors (Lipinski definition) is 7. The fraction of sp³-hybridized carbons (Fsp3) is 0.474. The molecule has 8 N–H and O–H groups in total. The van der Waals surface area contributed by atoms with Crippen LogP contribution in [0.5, 0.6) is 0 Å². The smallest absolute Gasteiger partial charge is 0.329 e. The lowest BCUT2D eigenvalue weighted by atomic mass is 9.87. The molecule has 0 heterocycles. The second kappa shape index (κ2) is 10.1. The van der Waals surface area contributed by atoms with E-state index in [4.69, 9.17) is 21.0 Å². The van der Waals surface area contributed by atoms with Crippen LogP contribution in [0.2, 0.25) is 0 Å². The molecular formula is C19H26N4O7. The van der Waals surface area contributed by atoms with Crippen molar-refractivity contribution in [2.24, 2.45) is 5.73 Å². The van der Waals surface area contributed by atoms with E-state index in [-0.39, 0.29) is 24.2 Å². The Morgan fingerprint density at radius 2 is 1.77 bits per heavy atom. The summed E-state index contributed by atoms with van der Waals surface area (Å²) in [5, 5.41) is 41.4. The topological polar surface area (TPSA) is 195 Å². The molecule has 4 unspecified atom stereocenters. The summed E-state index contributed by atoms with van der Waals surface area (Å²) in [5.41, 5.74) is 6.12. The summed E-state index contributed by atoms with van der Waals surface area (Å²) in [5.74, 6) is -2.37. The molecule has 0 bridgehead atoms. The van der Waals surface area contributed by atoms with Gasteiger partial charge in [0, 0.05) is 11.1 Å². The molecule has 1 aliphatic rings. The Labute approximate surface area is 172 Å². The SMILES string of the molecule is C[C@H](NC(=O)c1ccc(C(=N)N)cc1)C(=O)NC1CCC(OCC(=O)O)C(O)C1O. The molecule has 1 aromatic rings. The van der Waals surface area contributed by atoms with Crippen LogP contribution in [0.4, 0.5) is 0 Å². The van der Waals surface area contributed by atoms with E-state index < -0.39 is 54.8 Å². The molecule has 2 rings (SSSR count). The third kappa shape index (κ3) is 5.99. The number of nitrogens with two attached hydrogens (primary N) is 1. The van der Waals surface area contributed by atoms with Crippen LogP contribution in [-0.4, -0.2) is 75.9 Å². The second-order valence-corrected chi connectivity index (χ2v) is 7.10. The van der Waals surface area contributed by atoms with Crippen LogP contribution in [0, 0.1) is 5.41 Å².